The fraction of sp³-hybridized carbons (Fsp3) is 0.882. The molecule has 3 rings (SSSR count). The van der Waals surface area contributed by atoms with Gasteiger partial charge in [0.15, 0.2) is 0 Å². The van der Waals surface area contributed by atoms with Crippen LogP contribution in [0.1, 0.15) is 63.2 Å². The van der Waals surface area contributed by atoms with Crippen LogP contribution >= 0.6 is 0 Å². The Hall–Kier alpha value is -1.19. The van der Waals surface area contributed by atoms with E-state index in [0.29, 0.717) is 32.7 Å². The first kappa shape index (κ1) is 19.6. The summed E-state index contributed by atoms with van der Waals surface area (Å²) in [5.74, 6) is 0.940. The highest BCUT2D eigenvalue weighted by atomic mass is 32.2. The highest BCUT2D eigenvalue weighted by Gasteiger charge is 2.36. The largest absolute Gasteiger partial charge is 0.383 e. The molecule has 0 amide bonds. The molecular formula is C17H30N4O4S. The number of piperidine rings is 1. The molecule has 0 bridgehead atoms. The van der Waals surface area contributed by atoms with Crippen molar-refractivity contribution in [3.63, 3.8) is 0 Å². The number of unbranched alkanes of at least 4 members (excludes halogenated alkanes) is 1. The van der Waals surface area contributed by atoms with Gasteiger partial charge < -0.3 is 4.74 Å². The zero-order chi connectivity index (χ0) is 18.7. The van der Waals surface area contributed by atoms with Gasteiger partial charge in [0.2, 0.25) is 10.0 Å². The molecule has 1 aliphatic heterocycles. The summed E-state index contributed by atoms with van der Waals surface area (Å²) in [6, 6.07) is 0.223. The molecule has 1 saturated heterocycles. The van der Waals surface area contributed by atoms with Crippen LogP contribution in [0.15, 0.2) is 4.79 Å². The van der Waals surface area contributed by atoms with E-state index in [0.717, 1.165) is 37.9 Å². The molecule has 2 aliphatic rings. The summed E-state index contributed by atoms with van der Waals surface area (Å²) >= 11 is 0. The molecule has 0 spiro atoms. The second-order valence-corrected chi connectivity index (χ2v) is 9.41. The molecule has 8 nitrogen and oxygen atoms in total. The average Bonchev–Trinajstić information content (AvgIpc) is 3.42. The van der Waals surface area contributed by atoms with Crippen LogP contribution in [0.4, 0.5) is 0 Å². The van der Waals surface area contributed by atoms with Crippen molar-refractivity contribution < 1.29 is 13.2 Å². The monoisotopic (exact) mass is 386 g/mol. The summed E-state index contributed by atoms with van der Waals surface area (Å²) in [7, 11) is -1.63. The number of hydrogen-bond donors (Lipinski definition) is 0. The first-order chi connectivity index (χ1) is 12.5. The van der Waals surface area contributed by atoms with E-state index in [2.05, 4.69) is 5.10 Å². The second-order valence-electron chi connectivity index (χ2n) is 7.32. The maximum atomic E-state index is 12.7. The lowest BCUT2D eigenvalue weighted by Crippen LogP contribution is -2.41. The van der Waals surface area contributed by atoms with Gasteiger partial charge in [0.25, 0.3) is 0 Å². The first-order valence-corrected chi connectivity index (χ1v) is 11.2. The van der Waals surface area contributed by atoms with Crippen molar-refractivity contribution in [2.24, 2.45) is 0 Å². The standard InChI is InChI=1S/C17H30N4O4S/c1-3-4-12-26(23,24)19-9-5-6-14(13-19)16-18-20(10-11-25-2)17(22)21(16)15-7-8-15/h14-15H,3-13H2,1-2H3. The van der Waals surface area contributed by atoms with E-state index in [-0.39, 0.29) is 23.4 Å². The molecule has 0 radical (unpaired) electrons. The van der Waals surface area contributed by atoms with Crippen molar-refractivity contribution in [3.05, 3.63) is 16.3 Å². The molecule has 26 heavy (non-hydrogen) atoms. The van der Waals surface area contributed by atoms with Crippen LogP contribution in [0.5, 0.6) is 0 Å². The molecule has 1 aromatic rings. The molecule has 1 unspecified atom stereocenters. The van der Waals surface area contributed by atoms with Crippen LogP contribution < -0.4 is 5.69 Å². The van der Waals surface area contributed by atoms with E-state index in [4.69, 9.17) is 4.74 Å². The van der Waals surface area contributed by atoms with Gasteiger partial charge in [-0.05, 0) is 32.1 Å². The highest BCUT2D eigenvalue weighted by Crippen LogP contribution is 2.37. The Bertz CT molecular complexity index is 766. The van der Waals surface area contributed by atoms with E-state index < -0.39 is 10.0 Å². The second kappa shape index (κ2) is 8.22. The number of methoxy groups -OCH3 is 1. The Morgan fingerprint density at radius 1 is 1.27 bits per heavy atom. The summed E-state index contributed by atoms with van der Waals surface area (Å²) < 4.78 is 35.1. The molecule has 1 atom stereocenters. The molecule has 9 heteroatoms. The molecule has 148 valence electrons. The lowest BCUT2D eigenvalue weighted by Gasteiger charge is -2.31. The van der Waals surface area contributed by atoms with Crippen molar-refractivity contribution in [1.29, 1.82) is 0 Å². The Kier molecular flexibility index (Phi) is 6.19. The zero-order valence-corrected chi connectivity index (χ0v) is 16.6. The Morgan fingerprint density at radius 2 is 2.04 bits per heavy atom. The van der Waals surface area contributed by atoms with Crippen LogP contribution in [0.2, 0.25) is 0 Å². The topological polar surface area (TPSA) is 86.4 Å². The van der Waals surface area contributed by atoms with Crippen LogP contribution in [0.25, 0.3) is 0 Å². The van der Waals surface area contributed by atoms with E-state index in [1.807, 2.05) is 11.5 Å². The lowest BCUT2D eigenvalue weighted by atomic mass is 9.99. The van der Waals surface area contributed by atoms with E-state index in [9.17, 15) is 13.2 Å². The van der Waals surface area contributed by atoms with Gasteiger partial charge in [-0.1, -0.05) is 13.3 Å². The zero-order valence-electron chi connectivity index (χ0n) is 15.8. The third-order valence-electron chi connectivity index (χ3n) is 5.21. The molecule has 0 N–H and O–H groups in total. The molecule has 1 aromatic heterocycles. The fourth-order valence-corrected chi connectivity index (χ4v) is 5.30. The number of sulfonamides is 1. The van der Waals surface area contributed by atoms with E-state index in [1.165, 1.54) is 4.68 Å². The van der Waals surface area contributed by atoms with Gasteiger partial charge in [-0.15, -0.1) is 0 Å². The Balaban J connectivity index is 1.83. The summed E-state index contributed by atoms with van der Waals surface area (Å²) in [6.07, 6.45) is 5.21. The van der Waals surface area contributed by atoms with E-state index >= 15 is 0 Å². The van der Waals surface area contributed by atoms with Crippen molar-refractivity contribution in [1.82, 2.24) is 18.7 Å². The summed E-state index contributed by atoms with van der Waals surface area (Å²) in [6.45, 7) is 3.85. The van der Waals surface area contributed by atoms with Gasteiger partial charge in [-0.2, -0.15) is 5.10 Å². The lowest BCUT2D eigenvalue weighted by molar-refractivity contribution is 0.182. The first-order valence-electron chi connectivity index (χ1n) is 9.64. The molecule has 2 heterocycles. The highest BCUT2D eigenvalue weighted by molar-refractivity contribution is 7.89. The van der Waals surface area contributed by atoms with Crippen molar-refractivity contribution in [2.75, 3.05) is 32.6 Å². The molecule has 1 saturated carbocycles. The Labute approximate surface area is 155 Å². The van der Waals surface area contributed by atoms with Crippen LogP contribution in [-0.2, 0) is 21.3 Å². The van der Waals surface area contributed by atoms with E-state index in [1.54, 1.807) is 11.4 Å². The maximum absolute atomic E-state index is 12.7. The third kappa shape index (κ3) is 4.20. The quantitative estimate of drug-likeness (QED) is 0.639. The van der Waals surface area contributed by atoms with Crippen molar-refractivity contribution in [2.45, 2.75) is 64.0 Å². The predicted molar refractivity (Wildman–Crippen MR) is 98.9 cm³/mol. The van der Waals surface area contributed by atoms with Crippen molar-refractivity contribution >= 4 is 10.0 Å². The van der Waals surface area contributed by atoms with Gasteiger partial charge in [-0.25, -0.2) is 22.2 Å². The summed E-state index contributed by atoms with van der Waals surface area (Å²) in [5, 5.41) is 4.58. The smallest absolute Gasteiger partial charge is 0.346 e. The normalized spacial score (nSPS) is 22.0. The summed E-state index contributed by atoms with van der Waals surface area (Å²) in [4.78, 5) is 12.7. The van der Waals surface area contributed by atoms with Gasteiger partial charge in [0, 0.05) is 32.2 Å². The SMILES string of the molecule is CCCCS(=O)(=O)N1CCCC(c2nn(CCOC)c(=O)n2C2CC2)C1. The van der Waals surface area contributed by atoms with Gasteiger partial charge in [-0.3, -0.25) is 4.57 Å². The minimum atomic E-state index is -3.23. The number of hydrogen-bond acceptors (Lipinski definition) is 5. The third-order valence-corrected chi connectivity index (χ3v) is 7.14. The molecule has 0 aromatic carbocycles. The minimum absolute atomic E-state index is 0.0164. The average molecular weight is 387 g/mol. The number of aromatic nitrogens is 3. The van der Waals surface area contributed by atoms with Crippen LogP contribution in [-0.4, -0.2) is 59.6 Å². The fourth-order valence-electron chi connectivity index (χ4n) is 3.58. The molecule has 2 fully saturated rings. The molecular weight excluding hydrogens is 356 g/mol. The van der Waals surface area contributed by atoms with Gasteiger partial charge >= 0.3 is 5.69 Å². The molecule has 1 aliphatic carbocycles. The summed E-state index contributed by atoms with van der Waals surface area (Å²) in [5.41, 5.74) is -0.0921. The maximum Gasteiger partial charge on any atom is 0.346 e. The predicted octanol–water partition coefficient (Wildman–Crippen LogP) is 1.34. The van der Waals surface area contributed by atoms with Gasteiger partial charge in [0.1, 0.15) is 5.82 Å². The van der Waals surface area contributed by atoms with Crippen LogP contribution in [0, 0.1) is 0 Å². The minimum Gasteiger partial charge on any atom is -0.383 e. The van der Waals surface area contributed by atoms with Crippen molar-refractivity contribution in [3.8, 4) is 0 Å². The number of nitrogens with zero attached hydrogens (tertiary/aromatic N) is 4. The van der Waals surface area contributed by atoms with Crippen LogP contribution in [0.3, 0.4) is 0 Å². The van der Waals surface area contributed by atoms with Gasteiger partial charge in [0.05, 0.1) is 18.9 Å². The number of ether oxygens (including phenoxy) is 1. The Morgan fingerprint density at radius 3 is 2.69 bits per heavy atom. The number of rotatable bonds is 9.